The summed E-state index contributed by atoms with van der Waals surface area (Å²) >= 11 is 0. The molecule has 136 valence electrons. The molecule has 0 spiro atoms. The lowest BCUT2D eigenvalue weighted by atomic mass is 10.3. The highest BCUT2D eigenvalue weighted by atomic mass is 19.1. The molecule has 0 unspecified atom stereocenters. The highest BCUT2D eigenvalue weighted by Crippen LogP contribution is 2.19. The molecule has 0 radical (unpaired) electrons. The SMILES string of the molecule is Fc1ccc(OCCn2c(COc3ccccc3)nc3ccccc32)cc1. The zero-order valence-corrected chi connectivity index (χ0v) is 14.7. The monoisotopic (exact) mass is 362 g/mol. The van der Waals surface area contributed by atoms with Crippen LogP contribution in [-0.2, 0) is 13.2 Å². The maximum atomic E-state index is 13.0. The Hall–Kier alpha value is -3.34. The van der Waals surface area contributed by atoms with Crippen LogP contribution in [0.4, 0.5) is 4.39 Å². The Morgan fingerprint density at radius 1 is 0.778 bits per heavy atom. The fourth-order valence-corrected chi connectivity index (χ4v) is 2.94. The highest BCUT2D eigenvalue weighted by Gasteiger charge is 2.11. The normalized spacial score (nSPS) is 10.9. The molecule has 0 amide bonds. The third-order valence-electron chi connectivity index (χ3n) is 4.24. The van der Waals surface area contributed by atoms with Gasteiger partial charge in [-0.3, -0.25) is 0 Å². The summed E-state index contributed by atoms with van der Waals surface area (Å²) in [6.07, 6.45) is 0. The molecule has 0 bridgehead atoms. The van der Waals surface area contributed by atoms with Gasteiger partial charge in [0.2, 0.25) is 0 Å². The van der Waals surface area contributed by atoms with Crippen molar-refractivity contribution in [2.24, 2.45) is 0 Å². The van der Waals surface area contributed by atoms with Gasteiger partial charge in [0.15, 0.2) is 0 Å². The van der Waals surface area contributed by atoms with Crippen molar-refractivity contribution in [1.29, 1.82) is 0 Å². The van der Waals surface area contributed by atoms with E-state index in [1.165, 1.54) is 12.1 Å². The molecular weight excluding hydrogens is 343 g/mol. The molecule has 4 aromatic rings. The van der Waals surface area contributed by atoms with Crippen LogP contribution in [0, 0.1) is 5.82 Å². The van der Waals surface area contributed by atoms with Gasteiger partial charge in [-0.1, -0.05) is 30.3 Å². The average molecular weight is 362 g/mol. The van der Waals surface area contributed by atoms with Crippen LogP contribution < -0.4 is 9.47 Å². The van der Waals surface area contributed by atoms with Crippen molar-refractivity contribution in [1.82, 2.24) is 9.55 Å². The Kier molecular flexibility index (Phi) is 5.01. The number of aromatic nitrogens is 2. The molecule has 1 heterocycles. The fraction of sp³-hybridized carbons (Fsp3) is 0.136. The Labute approximate surface area is 156 Å². The smallest absolute Gasteiger partial charge is 0.148 e. The summed E-state index contributed by atoms with van der Waals surface area (Å²) in [5.74, 6) is 2.01. The second-order valence-electron chi connectivity index (χ2n) is 6.07. The van der Waals surface area contributed by atoms with Crippen LogP contribution in [0.3, 0.4) is 0 Å². The summed E-state index contributed by atoms with van der Waals surface area (Å²) in [6, 6.07) is 23.7. The molecule has 0 N–H and O–H groups in total. The molecule has 0 aliphatic carbocycles. The summed E-state index contributed by atoms with van der Waals surface area (Å²) in [6.45, 7) is 1.44. The van der Waals surface area contributed by atoms with Gasteiger partial charge in [0.1, 0.15) is 36.4 Å². The Balaban J connectivity index is 1.50. The maximum Gasteiger partial charge on any atom is 0.148 e. The molecule has 0 saturated carbocycles. The van der Waals surface area contributed by atoms with Crippen molar-refractivity contribution in [3.05, 3.63) is 90.5 Å². The largest absolute Gasteiger partial charge is 0.492 e. The van der Waals surface area contributed by atoms with Crippen LogP contribution in [0.25, 0.3) is 11.0 Å². The molecule has 5 heteroatoms. The number of ether oxygens (including phenoxy) is 2. The third kappa shape index (κ3) is 4.08. The van der Waals surface area contributed by atoms with Gasteiger partial charge in [-0.05, 0) is 48.5 Å². The highest BCUT2D eigenvalue weighted by molar-refractivity contribution is 5.75. The van der Waals surface area contributed by atoms with Crippen LogP contribution >= 0.6 is 0 Å². The van der Waals surface area contributed by atoms with Crippen molar-refractivity contribution in [2.75, 3.05) is 6.61 Å². The second-order valence-corrected chi connectivity index (χ2v) is 6.07. The standard InChI is InChI=1S/C22H19FN2O2/c23-17-10-12-19(13-11-17)26-15-14-25-21-9-5-4-8-20(21)24-22(25)16-27-18-6-2-1-3-7-18/h1-13H,14-16H2. The van der Waals surface area contributed by atoms with Crippen LogP contribution in [0.1, 0.15) is 5.82 Å². The van der Waals surface area contributed by atoms with Gasteiger partial charge in [-0.25, -0.2) is 9.37 Å². The van der Waals surface area contributed by atoms with Gasteiger partial charge >= 0.3 is 0 Å². The summed E-state index contributed by atoms with van der Waals surface area (Å²) in [4.78, 5) is 4.70. The number of rotatable bonds is 7. The molecule has 4 rings (SSSR count). The minimum atomic E-state index is -0.275. The first-order valence-electron chi connectivity index (χ1n) is 8.80. The molecule has 0 aliphatic heterocycles. The summed E-state index contributed by atoms with van der Waals surface area (Å²) in [7, 11) is 0. The quantitative estimate of drug-likeness (QED) is 0.472. The van der Waals surface area contributed by atoms with E-state index in [1.54, 1.807) is 12.1 Å². The van der Waals surface area contributed by atoms with Crippen molar-refractivity contribution in [3.63, 3.8) is 0 Å². The van der Waals surface area contributed by atoms with Crippen molar-refractivity contribution in [2.45, 2.75) is 13.2 Å². The van der Waals surface area contributed by atoms with Gasteiger partial charge in [0, 0.05) is 0 Å². The second kappa shape index (κ2) is 7.91. The Morgan fingerprint density at radius 2 is 1.48 bits per heavy atom. The van der Waals surface area contributed by atoms with E-state index in [9.17, 15) is 4.39 Å². The van der Waals surface area contributed by atoms with E-state index >= 15 is 0 Å². The van der Waals surface area contributed by atoms with Crippen LogP contribution in [0.2, 0.25) is 0 Å². The van der Waals surface area contributed by atoms with Gasteiger partial charge in [0.25, 0.3) is 0 Å². The van der Waals surface area contributed by atoms with E-state index in [4.69, 9.17) is 14.5 Å². The lowest BCUT2D eigenvalue weighted by Gasteiger charge is -2.11. The van der Waals surface area contributed by atoms with Gasteiger partial charge < -0.3 is 14.0 Å². The maximum absolute atomic E-state index is 13.0. The average Bonchev–Trinajstić information content (AvgIpc) is 3.06. The summed E-state index contributed by atoms with van der Waals surface area (Å²) < 4.78 is 26.7. The van der Waals surface area contributed by atoms with E-state index in [0.717, 1.165) is 22.6 Å². The van der Waals surface area contributed by atoms with E-state index < -0.39 is 0 Å². The molecule has 27 heavy (non-hydrogen) atoms. The number of hydrogen-bond acceptors (Lipinski definition) is 3. The molecule has 4 nitrogen and oxygen atoms in total. The first-order valence-corrected chi connectivity index (χ1v) is 8.80. The van der Waals surface area contributed by atoms with Crippen molar-refractivity contribution < 1.29 is 13.9 Å². The zero-order valence-electron chi connectivity index (χ0n) is 14.7. The van der Waals surface area contributed by atoms with Crippen molar-refractivity contribution >= 4 is 11.0 Å². The molecule has 1 aromatic heterocycles. The molecular formula is C22H19FN2O2. The van der Waals surface area contributed by atoms with Gasteiger partial charge in [0.05, 0.1) is 17.6 Å². The number of halogens is 1. The predicted molar refractivity (Wildman–Crippen MR) is 102 cm³/mol. The predicted octanol–water partition coefficient (Wildman–Crippen LogP) is 4.83. The number of fused-ring (bicyclic) bond motifs is 1. The van der Waals surface area contributed by atoms with E-state index in [1.807, 2.05) is 54.6 Å². The number of para-hydroxylation sites is 3. The van der Waals surface area contributed by atoms with Crippen molar-refractivity contribution in [3.8, 4) is 11.5 Å². The Bertz CT molecular complexity index is 1010. The van der Waals surface area contributed by atoms with E-state index in [0.29, 0.717) is 25.5 Å². The fourth-order valence-electron chi connectivity index (χ4n) is 2.94. The molecule has 3 aromatic carbocycles. The van der Waals surface area contributed by atoms with Gasteiger partial charge in [-0.15, -0.1) is 0 Å². The number of hydrogen-bond donors (Lipinski definition) is 0. The molecule has 0 atom stereocenters. The summed E-state index contributed by atoms with van der Waals surface area (Å²) in [5, 5.41) is 0. The number of benzene rings is 3. The lowest BCUT2D eigenvalue weighted by molar-refractivity contribution is 0.272. The Morgan fingerprint density at radius 3 is 2.30 bits per heavy atom. The minimum absolute atomic E-state index is 0.275. The van der Waals surface area contributed by atoms with Crippen LogP contribution in [-0.4, -0.2) is 16.2 Å². The van der Waals surface area contributed by atoms with Crippen LogP contribution in [0.15, 0.2) is 78.9 Å². The van der Waals surface area contributed by atoms with Gasteiger partial charge in [-0.2, -0.15) is 0 Å². The van der Waals surface area contributed by atoms with E-state index in [-0.39, 0.29) is 5.82 Å². The first kappa shape index (κ1) is 17.1. The van der Waals surface area contributed by atoms with Crippen LogP contribution in [0.5, 0.6) is 11.5 Å². The minimum Gasteiger partial charge on any atom is -0.492 e. The molecule has 0 saturated heterocycles. The third-order valence-corrected chi connectivity index (χ3v) is 4.24. The number of nitrogens with zero attached hydrogens (tertiary/aromatic N) is 2. The lowest BCUT2D eigenvalue weighted by Crippen LogP contribution is -2.13. The summed E-state index contributed by atoms with van der Waals surface area (Å²) in [5.41, 5.74) is 1.96. The first-order chi connectivity index (χ1) is 13.3. The number of imidazole rings is 1. The zero-order chi connectivity index (χ0) is 18.5. The molecule has 0 aliphatic rings. The topological polar surface area (TPSA) is 36.3 Å². The van der Waals surface area contributed by atoms with E-state index in [2.05, 4.69) is 4.57 Å². The molecule has 0 fully saturated rings.